The minimum Gasteiger partial charge on any atom is -0.463 e. The van der Waals surface area contributed by atoms with Gasteiger partial charge in [-0.25, -0.2) is 4.98 Å². The van der Waals surface area contributed by atoms with Crippen molar-refractivity contribution in [1.82, 2.24) is 4.98 Å². The highest BCUT2D eigenvalue weighted by Crippen LogP contribution is 2.39. The molecule has 5 atom stereocenters. The molecule has 1 fully saturated rings. The summed E-state index contributed by atoms with van der Waals surface area (Å²) in [5.74, 6) is -2.01. The smallest absolute Gasteiger partial charge is 0.434 e. The molecular formula is C18H20BrF3N2O7S. The van der Waals surface area contributed by atoms with Crippen LogP contribution in [0, 0.1) is 0 Å². The monoisotopic (exact) mass is 544 g/mol. The van der Waals surface area contributed by atoms with Crippen molar-refractivity contribution in [3.63, 3.8) is 0 Å². The Hall–Kier alpha value is -1.90. The Morgan fingerprint density at radius 2 is 1.75 bits per heavy atom. The van der Waals surface area contributed by atoms with E-state index in [4.69, 9.17) is 24.7 Å². The average molecular weight is 545 g/mol. The Bertz CT molecular complexity index is 871. The van der Waals surface area contributed by atoms with Gasteiger partial charge in [0.15, 0.2) is 11.8 Å². The molecule has 14 heteroatoms. The zero-order valence-electron chi connectivity index (χ0n) is 17.1. The first-order chi connectivity index (χ1) is 14.8. The summed E-state index contributed by atoms with van der Waals surface area (Å²) < 4.78 is 59.9. The molecule has 1 aliphatic rings. The van der Waals surface area contributed by atoms with E-state index in [1.54, 1.807) is 0 Å². The Kier molecular flexibility index (Phi) is 8.90. The first-order valence-electron chi connectivity index (χ1n) is 9.07. The Balaban J connectivity index is 2.34. The predicted molar refractivity (Wildman–Crippen MR) is 107 cm³/mol. The molecule has 0 spiro atoms. The van der Waals surface area contributed by atoms with Crippen LogP contribution < -0.4 is 5.73 Å². The summed E-state index contributed by atoms with van der Waals surface area (Å²) >= 11 is 3.73. The number of hydrogen-bond acceptors (Lipinski definition) is 10. The number of halogens is 4. The van der Waals surface area contributed by atoms with Gasteiger partial charge in [-0.3, -0.25) is 14.4 Å². The number of nitrogens with zero attached hydrogens (tertiary/aromatic N) is 1. The summed E-state index contributed by atoms with van der Waals surface area (Å²) in [6.45, 7) is 3.13. The van der Waals surface area contributed by atoms with Gasteiger partial charge in [0.1, 0.15) is 24.3 Å². The van der Waals surface area contributed by atoms with Crippen LogP contribution in [0.15, 0.2) is 21.6 Å². The van der Waals surface area contributed by atoms with Crippen LogP contribution in [0.1, 0.15) is 26.5 Å². The van der Waals surface area contributed by atoms with E-state index in [1.165, 1.54) is 13.0 Å². The van der Waals surface area contributed by atoms with Crippen LogP contribution in [0.3, 0.4) is 0 Å². The van der Waals surface area contributed by atoms with Gasteiger partial charge in [0, 0.05) is 36.3 Å². The lowest BCUT2D eigenvalue weighted by Gasteiger charge is -2.43. The Labute approximate surface area is 193 Å². The van der Waals surface area contributed by atoms with Gasteiger partial charge in [0.05, 0.1) is 6.04 Å². The van der Waals surface area contributed by atoms with Gasteiger partial charge in [-0.05, 0) is 22.0 Å². The highest BCUT2D eigenvalue weighted by atomic mass is 79.9. The second-order valence-corrected chi connectivity index (χ2v) is 8.71. The summed E-state index contributed by atoms with van der Waals surface area (Å²) in [7, 11) is 0. The zero-order valence-corrected chi connectivity index (χ0v) is 19.5. The van der Waals surface area contributed by atoms with Gasteiger partial charge in [-0.2, -0.15) is 13.2 Å². The van der Waals surface area contributed by atoms with E-state index in [1.807, 2.05) is 0 Å². The molecule has 0 radical (unpaired) electrons. The number of hydrogen-bond donors (Lipinski definition) is 1. The van der Waals surface area contributed by atoms with Gasteiger partial charge < -0.3 is 24.7 Å². The first kappa shape index (κ1) is 26.4. The highest BCUT2D eigenvalue weighted by Gasteiger charge is 2.49. The van der Waals surface area contributed by atoms with Crippen LogP contribution in [-0.4, -0.2) is 59.3 Å². The molecule has 1 aromatic heterocycles. The molecule has 2 rings (SSSR count). The molecule has 0 aliphatic carbocycles. The zero-order chi connectivity index (χ0) is 24.2. The van der Waals surface area contributed by atoms with Crippen molar-refractivity contribution in [3.8, 4) is 0 Å². The van der Waals surface area contributed by atoms with Crippen molar-refractivity contribution in [3.05, 3.63) is 22.4 Å². The molecule has 2 heterocycles. The number of thioether (sulfide) groups is 1. The number of aromatic nitrogens is 1. The van der Waals surface area contributed by atoms with Crippen molar-refractivity contribution in [2.45, 2.75) is 61.6 Å². The number of esters is 3. The fourth-order valence-corrected chi connectivity index (χ4v) is 4.73. The quantitative estimate of drug-likeness (QED) is 0.421. The molecule has 1 aliphatic heterocycles. The van der Waals surface area contributed by atoms with Gasteiger partial charge in [0.25, 0.3) is 0 Å². The van der Waals surface area contributed by atoms with Gasteiger partial charge in [-0.1, -0.05) is 11.8 Å². The number of rotatable bonds is 6. The third-order valence-corrected chi connectivity index (χ3v) is 5.81. The maximum atomic E-state index is 13.0. The SMILES string of the molecule is CC(=O)OCC1OC(Sc2cnc(C(F)(F)F)c(Br)c2)C(OC(C)=O)C(N)C1OC(C)=O. The van der Waals surface area contributed by atoms with Crippen LogP contribution in [0.25, 0.3) is 0 Å². The summed E-state index contributed by atoms with van der Waals surface area (Å²) in [4.78, 5) is 38.1. The molecule has 32 heavy (non-hydrogen) atoms. The molecular weight excluding hydrogens is 525 g/mol. The van der Waals surface area contributed by atoms with Gasteiger partial charge in [0.2, 0.25) is 0 Å². The van der Waals surface area contributed by atoms with Crippen molar-refractivity contribution in [1.29, 1.82) is 0 Å². The van der Waals surface area contributed by atoms with E-state index in [0.29, 0.717) is 0 Å². The van der Waals surface area contributed by atoms with Crippen molar-refractivity contribution in [2.75, 3.05) is 6.61 Å². The Morgan fingerprint density at radius 1 is 1.16 bits per heavy atom. The number of nitrogens with two attached hydrogens (primary N) is 1. The third-order valence-electron chi connectivity index (χ3n) is 4.09. The number of carbonyl (C=O) groups excluding carboxylic acids is 3. The second kappa shape index (κ2) is 10.8. The van der Waals surface area contributed by atoms with Crippen LogP contribution in [0.5, 0.6) is 0 Å². The predicted octanol–water partition coefficient (Wildman–Crippen LogP) is 2.43. The van der Waals surface area contributed by atoms with Crippen LogP contribution in [-0.2, 0) is 39.5 Å². The summed E-state index contributed by atoms with van der Waals surface area (Å²) in [6, 6.07) is 0.0971. The average Bonchev–Trinajstić information content (AvgIpc) is 2.64. The van der Waals surface area contributed by atoms with Crippen LogP contribution in [0.2, 0.25) is 0 Å². The summed E-state index contributed by atoms with van der Waals surface area (Å²) in [6.07, 6.45) is -6.95. The molecule has 5 unspecified atom stereocenters. The molecule has 1 aromatic rings. The molecule has 0 bridgehead atoms. The Morgan fingerprint density at radius 3 is 2.25 bits per heavy atom. The van der Waals surface area contributed by atoms with Gasteiger partial charge >= 0.3 is 24.1 Å². The fraction of sp³-hybridized carbons (Fsp3) is 0.556. The van der Waals surface area contributed by atoms with Crippen LogP contribution >= 0.6 is 27.7 Å². The molecule has 9 nitrogen and oxygen atoms in total. The van der Waals surface area contributed by atoms with Gasteiger partial charge in [-0.15, -0.1) is 0 Å². The normalized spacial score (nSPS) is 25.7. The van der Waals surface area contributed by atoms with E-state index in [9.17, 15) is 27.6 Å². The topological polar surface area (TPSA) is 127 Å². The van der Waals surface area contributed by atoms with E-state index in [0.717, 1.165) is 31.8 Å². The van der Waals surface area contributed by atoms with Crippen molar-refractivity contribution < 1.29 is 46.5 Å². The van der Waals surface area contributed by atoms with Crippen LogP contribution in [0.4, 0.5) is 13.2 Å². The number of ether oxygens (including phenoxy) is 4. The summed E-state index contributed by atoms with van der Waals surface area (Å²) in [5, 5.41) is 0. The van der Waals surface area contributed by atoms with E-state index in [-0.39, 0.29) is 16.0 Å². The number of pyridine rings is 1. The van der Waals surface area contributed by atoms with Crippen molar-refractivity contribution in [2.24, 2.45) is 5.73 Å². The maximum absolute atomic E-state index is 13.0. The van der Waals surface area contributed by atoms with E-state index < -0.39 is 59.6 Å². The van der Waals surface area contributed by atoms with Crippen molar-refractivity contribution >= 4 is 45.6 Å². The molecule has 178 valence electrons. The second-order valence-electron chi connectivity index (χ2n) is 6.69. The molecule has 0 aromatic carbocycles. The molecule has 1 saturated heterocycles. The third kappa shape index (κ3) is 7.05. The van der Waals surface area contributed by atoms with E-state index >= 15 is 0 Å². The first-order valence-corrected chi connectivity index (χ1v) is 10.7. The lowest BCUT2D eigenvalue weighted by atomic mass is 9.97. The fourth-order valence-electron chi connectivity index (χ4n) is 2.87. The number of carbonyl (C=O) groups is 3. The highest BCUT2D eigenvalue weighted by molar-refractivity contribution is 9.10. The lowest BCUT2D eigenvalue weighted by Crippen LogP contribution is -2.63. The lowest BCUT2D eigenvalue weighted by molar-refractivity contribution is -0.201. The molecule has 2 N–H and O–H groups in total. The maximum Gasteiger partial charge on any atom is 0.434 e. The minimum atomic E-state index is -4.65. The summed E-state index contributed by atoms with van der Waals surface area (Å²) in [5.41, 5.74) is 4.07. The largest absolute Gasteiger partial charge is 0.463 e. The molecule has 0 amide bonds. The number of alkyl halides is 3. The minimum absolute atomic E-state index is 0.247. The van der Waals surface area contributed by atoms with E-state index in [2.05, 4.69) is 20.9 Å². The standard InChI is InChI=1S/C18H20BrF3N2O7S/c1-7(25)28-6-12-14(29-8(2)26)13(23)15(30-9(3)27)17(31-12)32-10-4-11(19)16(24-5-10)18(20,21)22/h4-5,12-15,17H,6,23H2,1-3H3. The molecule has 0 saturated carbocycles.